The molecule has 144 valence electrons. The van der Waals surface area contributed by atoms with Crippen LogP contribution in [-0.4, -0.2) is 43.4 Å². The van der Waals surface area contributed by atoms with Gasteiger partial charge < -0.3 is 10.2 Å². The summed E-state index contributed by atoms with van der Waals surface area (Å²) in [7, 11) is -2.97. The number of benzene rings is 1. The summed E-state index contributed by atoms with van der Waals surface area (Å²) in [6.45, 7) is 6.62. The number of nitrogens with one attached hydrogen (secondary N) is 1. The van der Waals surface area contributed by atoms with Crippen LogP contribution in [0.3, 0.4) is 0 Å². The zero-order chi connectivity index (χ0) is 19.6. The normalized spacial score (nSPS) is 18.3. The van der Waals surface area contributed by atoms with Crippen LogP contribution < -0.4 is 10.2 Å². The summed E-state index contributed by atoms with van der Waals surface area (Å²) in [4.78, 5) is 18.9. The second kappa shape index (κ2) is 7.68. The topological polar surface area (TPSA) is 79.4 Å². The number of carbonyl (C=O) groups excluding carboxylic acids is 1. The summed E-state index contributed by atoms with van der Waals surface area (Å²) in [6.07, 6.45) is 2.21. The number of hydrogen-bond donors (Lipinski definition) is 1. The number of pyridine rings is 1. The lowest BCUT2D eigenvalue weighted by Gasteiger charge is -2.29. The monoisotopic (exact) mass is 387 g/mol. The van der Waals surface area contributed by atoms with Crippen molar-refractivity contribution in [1.29, 1.82) is 0 Å². The quantitative estimate of drug-likeness (QED) is 0.853. The molecule has 1 saturated heterocycles. The molecule has 1 aliphatic heterocycles. The van der Waals surface area contributed by atoms with Crippen molar-refractivity contribution in [3.63, 3.8) is 0 Å². The van der Waals surface area contributed by atoms with Gasteiger partial charge in [-0.15, -0.1) is 0 Å². The first-order valence-electron chi connectivity index (χ1n) is 9.11. The van der Waals surface area contributed by atoms with E-state index in [1.54, 1.807) is 12.3 Å². The Morgan fingerprint density at radius 1 is 1.30 bits per heavy atom. The van der Waals surface area contributed by atoms with Gasteiger partial charge in [0.25, 0.3) is 5.91 Å². The molecule has 1 unspecified atom stereocenters. The third kappa shape index (κ3) is 4.30. The molecule has 3 rings (SSSR count). The first-order valence-corrected chi connectivity index (χ1v) is 10.9. The van der Waals surface area contributed by atoms with Crippen molar-refractivity contribution in [3.8, 4) is 0 Å². The molecule has 0 aliphatic carbocycles. The van der Waals surface area contributed by atoms with Gasteiger partial charge in [-0.25, -0.2) is 8.42 Å². The highest BCUT2D eigenvalue weighted by molar-refractivity contribution is 7.91. The molecule has 1 N–H and O–H groups in total. The van der Waals surface area contributed by atoms with Gasteiger partial charge >= 0.3 is 0 Å². The number of nitrogens with zero attached hydrogens (tertiary/aromatic N) is 2. The van der Waals surface area contributed by atoms with Crippen LogP contribution in [0.1, 0.15) is 35.0 Å². The maximum absolute atomic E-state index is 12.7. The van der Waals surface area contributed by atoms with E-state index in [1.807, 2.05) is 49.9 Å². The predicted molar refractivity (Wildman–Crippen MR) is 108 cm³/mol. The van der Waals surface area contributed by atoms with Crippen LogP contribution in [0.2, 0.25) is 0 Å². The number of anilines is 2. The van der Waals surface area contributed by atoms with Gasteiger partial charge in [0, 0.05) is 30.2 Å². The summed E-state index contributed by atoms with van der Waals surface area (Å²) in [5.74, 6) is 0.104. The smallest absolute Gasteiger partial charge is 0.274 e. The number of hydrogen-bond acceptors (Lipinski definition) is 5. The van der Waals surface area contributed by atoms with Crippen LogP contribution >= 0.6 is 0 Å². The van der Waals surface area contributed by atoms with E-state index < -0.39 is 9.84 Å². The molecular weight excluding hydrogens is 362 g/mol. The molecule has 7 heteroatoms. The predicted octanol–water partition coefficient (Wildman–Crippen LogP) is 2.96. The van der Waals surface area contributed by atoms with Gasteiger partial charge in [0.15, 0.2) is 9.84 Å². The molecule has 0 radical (unpaired) electrons. The minimum absolute atomic E-state index is 0.0580. The fourth-order valence-electron chi connectivity index (χ4n) is 3.47. The third-order valence-corrected chi connectivity index (χ3v) is 6.90. The third-order valence-electron chi connectivity index (χ3n) is 5.15. The fourth-order valence-corrected chi connectivity index (χ4v) is 5.20. The second-order valence-corrected chi connectivity index (χ2v) is 9.17. The number of rotatable bonds is 5. The molecular formula is C20H25N3O3S. The SMILES string of the molecule is CCN(c1ccnc(C(=O)Nc2cccc(C)c2C)c1)C1CCS(=O)(=O)C1. The molecule has 0 spiro atoms. The molecule has 27 heavy (non-hydrogen) atoms. The maximum atomic E-state index is 12.7. The van der Waals surface area contributed by atoms with Gasteiger partial charge in [0.05, 0.1) is 11.5 Å². The minimum Gasteiger partial charge on any atom is -0.368 e. The molecule has 2 aromatic rings. The largest absolute Gasteiger partial charge is 0.368 e. The van der Waals surface area contributed by atoms with E-state index in [9.17, 15) is 13.2 Å². The average molecular weight is 388 g/mol. The lowest BCUT2D eigenvalue weighted by molar-refractivity contribution is 0.102. The van der Waals surface area contributed by atoms with E-state index in [0.717, 1.165) is 22.5 Å². The van der Waals surface area contributed by atoms with Gasteiger partial charge in [-0.1, -0.05) is 12.1 Å². The van der Waals surface area contributed by atoms with Gasteiger partial charge in [0.1, 0.15) is 5.69 Å². The number of aromatic nitrogens is 1. The molecule has 1 aromatic carbocycles. The first-order chi connectivity index (χ1) is 12.8. The highest BCUT2D eigenvalue weighted by atomic mass is 32.2. The van der Waals surface area contributed by atoms with E-state index in [0.29, 0.717) is 18.7 Å². The van der Waals surface area contributed by atoms with Crippen LogP contribution in [0.4, 0.5) is 11.4 Å². The van der Waals surface area contributed by atoms with Gasteiger partial charge in [-0.2, -0.15) is 0 Å². The van der Waals surface area contributed by atoms with Crippen molar-refractivity contribution in [2.45, 2.75) is 33.2 Å². The zero-order valence-electron chi connectivity index (χ0n) is 15.9. The number of sulfone groups is 1. The summed E-state index contributed by atoms with van der Waals surface area (Å²) in [5, 5.41) is 2.92. The molecule has 1 fully saturated rings. The van der Waals surface area contributed by atoms with Gasteiger partial charge in [-0.05, 0) is 56.5 Å². The Balaban J connectivity index is 1.82. The fraction of sp³-hybridized carbons (Fsp3) is 0.400. The summed E-state index contributed by atoms with van der Waals surface area (Å²) < 4.78 is 23.7. The number of carbonyl (C=O) groups is 1. The van der Waals surface area contributed by atoms with Crippen LogP contribution in [0, 0.1) is 13.8 Å². The highest BCUT2D eigenvalue weighted by Crippen LogP contribution is 2.25. The Morgan fingerprint density at radius 3 is 2.74 bits per heavy atom. The Bertz CT molecular complexity index is 957. The Morgan fingerprint density at radius 2 is 2.07 bits per heavy atom. The van der Waals surface area contributed by atoms with E-state index in [2.05, 4.69) is 10.3 Å². The van der Waals surface area contributed by atoms with Crippen molar-refractivity contribution >= 4 is 27.1 Å². The number of amides is 1. The van der Waals surface area contributed by atoms with Crippen molar-refractivity contribution in [3.05, 3.63) is 53.3 Å². The lowest BCUT2D eigenvalue weighted by Crippen LogP contribution is -2.36. The Kier molecular flexibility index (Phi) is 5.51. The van der Waals surface area contributed by atoms with Crippen molar-refractivity contribution in [2.75, 3.05) is 28.3 Å². The summed E-state index contributed by atoms with van der Waals surface area (Å²) >= 11 is 0. The maximum Gasteiger partial charge on any atom is 0.274 e. The van der Waals surface area contributed by atoms with Crippen molar-refractivity contribution in [1.82, 2.24) is 4.98 Å². The Hall–Kier alpha value is -2.41. The van der Waals surface area contributed by atoms with Crippen LogP contribution in [0.25, 0.3) is 0 Å². The molecule has 1 aromatic heterocycles. The van der Waals surface area contributed by atoms with Crippen LogP contribution in [0.15, 0.2) is 36.5 Å². The van der Waals surface area contributed by atoms with Gasteiger partial charge in [0.2, 0.25) is 0 Å². The molecule has 1 aliphatic rings. The average Bonchev–Trinajstić information content (AvgIpc) is 2.99. The summed E-state index contributed by atoms with van der Waals surface area (Å²) in [6, 6.07) is 9.27. The second-order valence-electron chi connectivity index (χ2n) is 6.94. The van der Waals surface area contributed by atoms with Gasteiger partial charge in [-0.3, -0.25) is 9.78 Å². The van der Waals surface area contributed by atoms with Crippen molar-refractivity contribution in [2.24, 2.45) is 0 Å². The van der Waals surface area contributed by atoms with E-state index >= 15 is 0 Å². The minimum atomic E-state index is -2.97. The van der Waals surface area contributed by atoms with Crippen LogP contribution in [-0.2, 0) is 9.84 Å². The lowest BCUT2D eigenvalue weighted by atomic mass is 10.1. The molecule has 6 nitrogen and oxygen atoms in total. The van der Waals surface area contributed by atoms with Crippen molar-refractivity contribution < 1.29 is 13.2 Å². The molecule has 0 saturated carbocycles. The van der Waals surface area contributed by atoms with E-state index in [4.69, 9.17) is 0 Å². The summed E-state index contributed by atoms with van der Waals surface area (Å²) in [5.41, 5.74) is 4.03. The van der Waals surface area contributed by atoms with E-state index in [1.165, 1.54) is 0 Å². The standard InChI is InChI=1S/C20H25N3O3S/c1-4-23(17-9-11-27(25,26)13-17)16-8-10-21-19(12-16)20(24)22-18-7-5-6-14(2)15(18)3/h5-8,10,12,17H,4,9,11,13H2,1-3H3,(H,22,24). The molecule has 0 bridgehead atoms. The van der Waals surface area contributed by atoms with E-state index in [-0.39, 0.29) is 23.5 Å². The Labute approximate surface area is 160 Å². The van der Waals surface area contributed by atoms with Crippen LogP contribution in [0.5, 0.6) is 0 Å². The number of aryl methyl sites for hydroxylation is 1. The zero-order valence-corrected chi connectivity index (χ0v) is 16.7. The molecule has 2 heterocycles. The molecule has 1 atom stereocenters. The first kappa shape index (κ1) is 19.4. The molecule has 1 amide bonds. The highest BCUT2D eigenvalue weighted by Gasteiger charge is 2.32.